The van der Waals surface area contributed by atoms with Gasteiger partial charge in [-0.15, -0.1) is 0 Å². The lowest BCUT2D eigenvalue weighted by molar-refractivity contribution is 0.0752. The van der Waals surface area contributed by atoms with Gasteiger partial charge in [-0.05, 0) is 48.9 Å². The van der Waals surface area contributed by atoms with Crippen molar-refractivity contribution in [3.8, 4) is 0 Å². The van der Waals surface area contributed by atoms with Crippen LogP contribution in [0.4, 0.5) is 0 Å². The average Bonchev–Trinajstić information content (AvgIpc) is 2.52. The maximum absolute atomic E-state index is 2.44. The fraction of sp³-hybridized carbons (Fsp3) is 1.00. The van der Waals surface area contributed by atoms with E-state index in [0.29, 0.717) is 5.41 Å². The molecule has 0 saturated heterocycles. The highest BCUT2D eigenvalue weighted by molar-refractivity contribution is 4.92. The van der Waals surface area contributed by atoms with Gasteiger partial charge in [0.25, 0.3) is 0 Å². The smallest absolute Gasteiger partial charge is 0.0295 e. The van der Waals surface area contributed by atoms with Gasteiger partial charge < -0.3 is 0 Å². The minimum absolute atomic E-state index is 0.552. The van der Waals surface area contributed by atoms with Gasteiger partial charge in [0.2, 0.25) is 0 Å². The van der Waals surface area contributed by atoms with Crippen molar-refractivity contribution in [1.82, 2.24) is 0 Å². The van der Waals surface area contributed by atoms with Crippen molar-refractivity contribution in [2.45, 2.75) is 72.1 Å². The second kappa shape index (κ2) is 3.54. The molecule has 0 N–H and O–H groups in total. The summed E-state index contributed by atoms with van der Waals surface area (Å²) in [7, 11) is 0. The Morgan fingerprint density at radius 1 is 0.929 bits per heavy atom. The van der Waals surface area contributed by atoms with E-state index in [4.69, 9.17) is 0 Å². The molecule has 0 nitrogen and oxygen atoms in total. The molecule has 0 aromatic rings. The Hall–Kier alpha value is 0. The second-order valence-corrected chi connectivity index (χ2v) is 6.87. The second-order valence-electron chi connectivity index (χ2n) is 6.87. The Morgan fingerprint density at radius 3 is 2.07 bits per heavy atom. The van der Waals surface area contributed by atoms with Crippen molar-refractivity contribution >= 4 is 0 Å². The van der Waals surface area contributed by atoms with Gasteiger partial charge in [0.05, 0.1) is 0 Å². The lowest BCUT2D eigenvalue weighted by atomic mass is 9.62. The molecule has 0 heteroatoms. The molecule has 1 spiro atoms. The van der Waals surface area contributed by atoms with Crippen molar-refractivity contribution in [3.63, 3.8) is 0 Å². The molecule has 2 rings (SSSR count). The van der Waals surface area contributed by atoms with E-state index in [1.165, 1.54) is 32.1 Å². The first-order valence-electron chi connectivity index (χ1n) is 6.52. The fourth-order valence-electron chi connectivity index (χ4n) is 3.77. The zero-order valence-corrected chi connectivity index (χ0v) is 10.2. The molecule has 0 bridgehead atoms. The molecule has 0 aromatic carbocycles. The number of hydrogen-bond donors (Lipinski definition) is 0. The summed E-state index contributed by atoms with van der Waals surface area (Å²) in [4.78, 5) is 0. The molecule has 2 fully saturated rings. The van der Waals surface area contributed by atoms with E-state index in [2.05, 4.69) is 20.8 Å². The first-order chi connectivity index (χ1) is 6.52. The monoisotopic (exact) mass is 194 g/mol. The predicted molar refractivity (Wildman–Crippen MR) is 62.3 cm³/mol. The van der Waals surface area contributed by atoms with Crippen LogP contribution in [0, 0.1) is 16.7 Å². The van der Waals surface area contributed by atoms with Gasteiger partial charge in [0.1, 0.15) is 0 Å². The third-order valence-corrected chi connectivity index (χ3v) is 4.83. The van der Waals surface area contributed by atoms with Crippen LogP contribution in [0.25, 0.3) is 0 Å². The maximum atomic E-state index is 2.44. The predicted octanol–water partition coefficient (Wildman–Crippen LogP) is 4.78. The van der Waals surface area contributed by atoms with Crippen LogP contribution in [0.2, 0.25) is 0 Å². The third kappa shape index (κ3) is 1.99. The molecule has 14 heavy (non-hydrogen) atoms. The van der Waals surface area contributed by atoms with Crippen LogP contribution < -0.4 is 0 Å². The van der Waals surface area contributed by atoms with Crippen LogP contribution in [0.5, 0.6) is 0 Å². The topological polar surface area (TPSA) is 0 Å². The number of rotatable bonds is 0. The Morgan fingerprint density at radius 2 is 1.50 bits per heavy atom. The molecule has 1 atom stereocenters. The highest BCUT2D eigenvalue weighted by Gasteiger charge is 2.41. The highest BCUT2D eigenvalue weighted by atomic mass is 14.5. The average molecular weight is 194 g/mol. The zero-order valence-electron chi connectivity index (χ0n) is 10.2. The standard InChI is InChI=1S/C14H26/c1-13(2,3)12-7-6-10-14(11-12)8-4-5-9-14/h12H,4-11H2,1-3H3. The Balaban J connectivity index is 2.03. The van der Waals surface area contributed by atoms with Gasteiger partial charge in [0, 0.05) is 0 Å². The largest absolute Gasteiger partial charge is 0.0599 e. The van der Waals surface area contributed by atoms with Crippen molar-refractivity contribution < 1.29 is 0 Å². The minimum Gasteiger partial charge on any atom is -0.0599 e. The van der Waals surface area contributed by atoms with Crippen molar-refractivity contribution in [2.24, 2.45) is 16.7 Å². The molecule has 2 saturated carbocycles. The van der Waals surface area contributed by atoms with Crippen LogP contribution in [0.1, 0.15) is 72.1 Å². The molecule has 82 valence electrons. The van der Waals surface area contributed by atoms with Crippen molar-refractivity contribution in [3.05, 3.63) is 0 Å². The summed E-state index contributed by atoms with van der Waals surface area (Å²) in [5.74, 6) is 0.995. The summed E-state index contributed by atoms with van der Waals surface area (Å²) in [6.45, 7) is 7.31. The Bertz CT molecular complexity index is 191. The molecule has 2 aliphatic carbocycles. The van der Waals surface area contributed by atoms with Crippen LogP contribution in [0.15, 0.2) is 0 Å². The molecule has 2 aliphatic rings. The van der Waals surface area contributed by atoms with E-state index in [-0.39, 0.29) is 0 Å². The molecule has 1 unspecified atom stereocenters. The van der Waals surface area contributed by atoms with E-state index in [9.17, 15) is 0 Å². The summed E-state index contributed by atoms with van der Waals surface area (Å²) < 4.78 is 0. The summed E-state index contributed by atoms with van der Waals surface area (Å²) in [5, 5.41) is 0. The first kappa shape index (κ1) is 10.5. The van der Waals surface area contributed by atoms with Crippen LogP contribution in [0.3, 0.4) is 0 Å². The molecular weight excluding hydrogens is 168 g/mol. The minimum atomic E-state index is 0.552. The summed E-state index contributed by atoms with van der Waals surface area (Å²) in [5.41, 5.74) is 1.35. The molecule has 0 radical (unpaired) electrons. The summed E-state index contributed by atoms with van der Waals surface area (Å²) >= 11 is 0. The van der Waals surface area contributed by atoms with Crippen LogP contribution in [-0.4, -0.2) is 0 Å². The summed E-state index contributed by atoms with van der Waals surface area (Å²) in [6.07, 6.45) is 12.2. The van der Waals surface area contributed by atoms with E-state index >= 15 is 0 Å². The first-order valence-corrected chi connectivity index (χ1v) is 6.52. The van der Waals surface area contributed by atoms with Crippen LogP contribution in [-0.2, 0) is 0 Å². The third-order valence-electron chi connectivity index (χ3n) is 4.83. The van der Waals surface area contributed by atoms with Gasteiger partial charge in [0.15, 0.2) is 0 Å². The van der Waals surface area contributed by atoms with E-state index in [1.807, 2.05) is 0 Å². The fourth-order valence-corrected chi connectivity index (χ4v) is 3.77. The molecular formula is C14H26. The van der Waals surface area contributed by atoms with E-state index in [1.54, 1.807) is 19.3 Å². The Kier molecular flexibility index (Phi) is 2.66. The molecule has 0 aromatic heterocycles. The maximum Gasteiger partial charge on any atom is -0.0295 e. The molecule has 0 amide bonds. The lowest BCUT2D eigenvalue weighted by Gasteiger charge is -2.43. The van der Waals surface area contributed by atoms with E-state index in [0.717, 1.165) is 11.3 Å². The quantitative estimate of drug-likeness (QED) is 0.520. The van der Waals surface area contributed by atoms with Gasteiger partial charge in [-0.3, -0.25) is 0 Å². The van der Waals surface area contributed by atoms with Gasteiger partial charge in [-0.25, -0.2) is 0 Å². The Labute approximate surface area is 89.5 Å². The van der Waals surface area contributed by atoms with Gasteiger partial charge >= 0.3 is 0 Å². The van der Waals surface area contributed by atoms with Crippen LogP contribution >= 0.6 is 0 Å². The van der Waals surface area contributed by atoms with E-state index < -0.39 is 0 Å². The van der Waals surface area contributed by atoms with Gasteiger partial charge in [-0.2, -0.15) is 0 Å². The highest BCUT2D eigenvalue weighted by Crippen LogP contribution is 2.53. The molecule has 0 heterocycles. The zero-order chi connectivity index (χ0) is 10.2. The van der Waals surface area contributed by atoms with Crippen molar-refractivity contribution in [1.29, 1.82) is 0 Å². The SMILES string of the molecule is CC(C)(C)C1CCCC2(CCCC2)C1. The lowest BCUT2D eigenvalue weighted by Crippen LogP contribution is -2.32. The van der Waals surface area contributed by atoms with Gasteiger partial charge in [-0.1, -0.05) is 40.0 Å². The normalized spacial score (nSPS) is 32.4. The summed E-state index contributed by atoms with van der Waals surface area (Å²) in [6, 6.07) is 0. The number of hydrogen-bond acceptors (Lipinski definition) is 0. The van der Waals surface area contributed by atoms with Crippen molar-refractivity contribution in [2.75, 3.05) is 0 Å². The molecule has 0 aliphatic heterocycles.